The Morgan fingerprint density at radius 1 is 1.17 bits per heavy atom. The van der Waals surface area contributed by atoms with Crippen LogP contribution in [0.15, 0.2) is 36.5 Å². The predicted molar refractivity (Wildman–Crippen MR) is 98.5 cm³/mol. The largest absolute Gasteiger partial charge is 0.347 e. The first kappa shape index (κ1) is 16.9. The molecule has 1 atom stereocenters. The van der Waals surface area contributed by atoms with Crippen molar-refractivity contribution in [2.24, 2.45) is 0 Å². The third-order valence-corrected chi connectivity index (χ3v) is 5.32. The normalized spacial score (nSPS) is 16.9. The first-order valence-electron chi connectivity index (χ1n) is 8.24. The van der Waals surface area contributed by atoms with Gasteiger partial charge in [-0.1, -0.05) is 30.3 Å². The Hall–Kier alpha value is -1.92. The van der Waals surface area contributed by atoms with Crippen molar-refractivity contribution >= 4 is 22.4 Å². The maximum atomic E-state index is 12.8. The molecule has 0 bridgehead atoms. The van der Waals surface area contributed by atoms with Crippen molar-refractivity contribution in [1.29, 1.82) is 0 Å². The van der Waals surface area contributed by atoms with E-state index in [1.165, 1.54) is 4.88 Å². The molecule has 1 fully saturated rings. The molecule has 1 aromatic heterocycles. The highest BCUT2D eigenvalue weighted by atomic mass is 32.1. The number of carbonyl (C=O) groups is 1. The molecule has 0 aliphatic carbocycles. The van der Waals surface area contributed by atoms with Crippen molar-refractivity contribution < 1.29 is 4.79 Å². The van der Waals surface area contributed by atoms with E-state index >= 15 is 0 Å². The number of hydrogen-bond acceptors (Lipinski definition) is 5. The van der Waals surface area contributed by atoms with E-state index in [0.29, 0.717) is 0 Å². The van der Waals surface area contributed by atoms with Gasteiger partial charge < -0.3 is 9.80 Å². The summed E-state index contributed by atoms with van der Waals surface area (Å²) < 4.78 is 0. The molecule has 0 saturated carbocycles. The molecule has 0 radical (unpaired) electrons. The topological polar surface area (TPSA) is 39.7 Å². The van der Waals surface area contributed by atoms with Crippen molar-refractivity contribution in [3.63, 3.8) is 0 Å². The highest BCUT2D eigenvalue weighted by Gasteiger charge is 2.31. The zero-order valence-corrected chi connectivity index (χ0v) is 15.3. The van der Waals surface area contributed by atoms with Crippen LogP contribution >= 0.6 is 11.3 Å². The molecule has 128 valence electrons. The lowest BCUT2D eigenvalue weighted by Crippen LogP contribution is -2.51. The minimum absolute atomic E-state index is 0.139. The van der Waals surface area contributed by atoms with Crippen LogP contribution in [0.3, 0.4) is 0 Å². The molecule has 0 spiro atoms. The van der Waals surface area contributed by atoms with Gasteiger partial charge in [0.15, 0.2) is 5.13 Å². The number of aromatic nitrogens is 1. The lowest BCUT2D eigenvalue weighted by atomic mass is 10.0. The maximum Gasteiger partial charge on any atom is 0.244 e. The molecule has 3 rings (SSSR count). The standard InChI is InChI=1S/C18H24N4OS/c1-14-13-19-18(24-14)22-11-9-21(10-12-22)16(17(23)20(2)3)15-7-5-4-6-8-15/h4-8,13,16H,9-12H2,1-3H3/t16-/m1/s1. The number of rotatable bonds is 4. The quantitative estimate of drug-likeness (QED) is 0.854. The number of aryl methyl sites for hydroxylation is 1. The molecule has 0 unspecified atom stereocenters. The zero-order valence-electron chi connectivity index (χ0n) is 14.5. The van der Waals surface area contributed by atoms with Crippen LogP contribution in [0.1, 0.15) is 16.5 Å². The van der Waals surface area contributed by atoms with Crippen LogP contribution in [0.4, 0.5) is 5.13 Å². The maximum absolute atomic E-state index is 12.8. The van der Waals surface area contributed by atoms with E-state index in [-0.39, 0.29) is 11.9 Å². The van der Waals surface area contributed by atoms with Crippen LogP contribution in [0.2, 0.25) is 0 Å². The number of carbonyl (C=O) groups excluding carboxylic acids is 1. The summed E-state index contributed by atoms with van der Waals surface area (Å²) in [6.07, 6.45) is 1.93. The van der Waals surface area contributed by atoms with Gasteiger partial charge in [-0.15, -0.1) is 11.3 Å². The molecule has 6 heteroatoms. The van der Waals surface area contributed by atoms with E-state index in [1.54, 1.807) is 16.2 Å². The van der Waals surface area contributed by atoms with Crippen molar-refractivity contribution in [3.8, 4) is 0 Å². The van der Waals surface area contributed by atoms with E-state index in [9.17, 15) is 4.79 Å². The van der Waals surface area contributed by atoms with Crippen molar-refractivity contribution in [2.45, 2.75) is 13.0 Å². The Bertz CT molecular complexity index is 677. The third-order valence-electron chi connectivity index (χ3n) is 4.35. The second-order valence-electron chi connectivity index (χ2n) is 6.32. The van der Waals surface area contributed by atoms with Crippen LogP contribution < -0.4 is 4.90 Å². The minimum Gasteiger partial charge on any atom is -0.347 e. The van der Waals surface area contributed by atoms with Gasteiger partial charge in [0.05, 0.1) is 0 Å². The van der Waals surface area contributed by atoms with Crippen molar-refractivity contribution in [3.05, 3.63) is 47.0 Å². The summed E-state index contributed by atoms with van der Waals surface area (Å²) in [6, 6.07) is 9.87. The predicted octanol–water partition coefficient (Wildman–Crippen LogP) is 2.40. The van der Waals surface area contributed by atoms with Gasteiger partial charge in [0.1, 0.15) is 6.04 Å². The SMILES string of the molecule is Cc1cnc(N2CCN([C@@H](C(=O)N(C)C)c3ccccc3)CC2)s1. The summed E-state index contributed by atoms with van der Waals surface area (Å²) in [5, 5.41) is 1.09. The molecule has 1 amide bonds. The Labute approximate surface area is 147 Å². The number of benzene rings is 1. The summed E-state index contributed by atoms with van der Waals surface area (Å²) in [5.74, 6) is 0.139. The van der Waals surface area contributed by atoms with Gasteiger partial charge in [0.25, 0.3) is 0 Å². The summed E-state index contributed by atoms with van der Waals surface area (Å²) in [4.78, 5) is 24.8. The molecular formula is C18H24N4OS. The fourth-order valence-electron chi connectivity index (χ4n) is 3.05. The number of likely N-dealkylation sites (N-methyl/N-ethyl adjacent to an activating group) is 1. The van der Waals surface area contributed by atoms with E-state index < -0.39 is 0 Å². The van der Waals surface area contributed by atoms with E-state index in [0.717, 1.165) is 36.9 Å². The van der Waals surface area contributed by atoms with Crippen LogP contribution in [0, 0.1) is 6.92 Å². The van der Waals surface area contributed by atoms with Gasteiger partial charge in [0.2, 0.25) is 5.91 Å². The van der Waals surface area contributed by atoms with Crippen molar-refractivity contribution in [2.75, 3.05) is 45.2 Å². The molecular weight excluding hydrogens is 320 g/mol. The molecule has 1 aromatic carbocycles. The number of thiazole rings is 1. The van der Waals surface area contributed by atoms with Gasteiger partial charge in [0, 0.05) is 51.3 Å². The van der Waals surface area contributed by atoms with Crippen LogP contribution in [0.5, 0.6) is 0 Å². The van der Waals surface area contributed by atoms with E-state index in [2.05, 4.69) is 21.7 Å². The molecule has 1 aliphatic rings. The second-order valence-corrected chi connectivity index (χ2v) is 7.54. The number of amides is 1. The van der Waals surface area contributed by atoms with Crippen LogP contribution in [0.25, 0.3) is 0 Å². The molecule has 24 heavy (non-hydrogen) atoms. The minimum atomic E-state index is -0.207. The van der Waals surface area contributed by atoms with Crippen LogP contribution in [-0.2, 0) is 4.79 Å². The Balaban J connectivity index is 1.74. The number of nitrogens with zero attached hydrogens (tertiary/aromatic N) is 4. The van der Waals surface area contributed by atoms with Crippen molar-refractivity contribution in [1.82, 2.24) is 14.8 Å². The van der Waals surface area contributed by atoms with Gasteiger partial charge in [-0.05, 0) is 12.5 Å². The fraction of sp³-hybridized carbons (Fsp3) is 0.444. The van der Waals surface area contributed by atoms with Gasteiger partial charge in [-0.25, -0.2) is 4.98 Å². The third kappa shape index (κ3) is 3.60. The van der Waals surface area contributed by atoms with Gasteiger partial charge in [-0.3, -0.25) is 9.69 Å². The first-order valence-corrected chi connectivity index (χ1v) is 9.05. The lowest BCUT2D eigenvalue weighted by molar-refractivity contribution is -0.134. The van der Waals surface area contributed by atoms with E-state index in [4.69, 9.17) is 0 Å². The average Bonchev–Trinajstić information content (AvgIpc) is 3.03. The van der Waals surface area contributed by atoms with E-state index in [1.807, 2.05) is 50.6 Å². The average molecular weight is 344 g/mol. The summed E-state index contributed by atoms with van der Waals surface area (Å²) in [6.45, 7) is 5.60. The smallest absolute Gasteiger partial charge is 0.244 e. The summed E-state index contributed by atoms with van der Waals surface area (Å²) in [5.41, 5.74) is 1.06. The number of hydrogen-bond donors (Lipinski definition) is 0. The molecule has 1 aliphatic heterocycles. The number of anilines is 1. The highest BCUT2D eigenvalue weighted by molar-refractivity contribution is 7.15. The second kappa shape index (κ2) is 7.32. The Morgan fingerprint density at radius 3 is 2.38 bits per heavy atom. The molecule has 2 aromatic rings. The lowest BCUT2D eigenvalue weighted by Gasteiger charge is -2.39. The van der Waals surface area contributed by atoms with Gasteiger partial charge >= 0.3 is 0 Å². The van der Waals surface area contributed by atoms with Crippen LogP contribution in [-0.4, -0.2) is 61.0 Å². The molecule has 0 N–H and O–H groups in total. The Kier molecular flexibility index (Phi) is 5.16. The Morgan fingerprint density at radius 2 is 1.83 bits per heavy atom. The monoisotopic (exact) mass is 344 g/mol. The zero-order chi connectivity index (χ0) is 17.1. The first-order chi connectivity index (χ1) is 11.6. The summed E-state index contributed by atoms with van der Waals surface area (Å²) in [7, 11) is 3.65. The summed E-state index contributed by atoms with van der Waals surface area (Å²) >= 11 is 1.73. The molecule has 1 saturated heterocycles. The highest BCUT2D eigenvalue weighted by Crippen LogP contribution is 2.27. The molecule has 2 heterocycles. The molecule has 5 nitrogen and oxygen atoms in total. The van der Waals surface area contributed by atoms with Gasteiger partial charge in [-0.2, -0.15) is 0 Å². The fourth-order valence-corrected chi connectivity index (χ4v) is 3.86. The number of piperazine rings is 1.